The Morgan fingerprint density at radius 2 is 1.89 bits per heavy atom. The van der Waals surface area contributed by atoms with Gasteiger partial charge in [-0.1, -0.05) is 41.6 Å². The Bertz CT molecular complexity index is 451. The summed E-state index contributed by atoms with van der Waals surface area (Å²) < 4.78 is 1.04. The van der Waals surface area contributed by atoms with Gasteiger partial charge in [0.05, 0.1) is 0 Å². The van der Waals surface area contributed by atoms with Gasteiger partial charge in [-0.05, 0) is 31.0 Å². The molecule has 3 nitrogen and oxygen atoms in total. The first-order chi connectivity index (χ1) is 9.09. The second kappa shape index (κ2) is 6.42. The van der Waals surface area contributed by atoms with Crippen LogP contribution in [-0.4, -0.2) is 18.9 Å². The summed E-state index contributed by atoms with van der Waals surface area (Å²) in [7, 11) is 2.13. The van der Waals surface area contributed by atoms with Crippen molar-refractivity contribution in [2.75, 3.05) is 11.9 Å². The SMILES string of the molecule is CN(c1cc(Br)ccc1C(=N)N)C1CCCCCC1. The van der Waals surface area contributed by atoms with Crippen LogP contribution in [0.1, 0.15) is 44.1 Å². The topological polar surface area (TPSA) is 53.1 Å². The van der Waals surface area contributed by atoms with Crippen LogP contribution in [-0.2, 0) is 0 Å². The second-order valence-electron chi connectivity index (χ2n) is 5.33. The lowest BCUT2D eigenvalue weighted by molar-refractivity contribution is 0.553. The van der Waals surface area contributed by atoms with Crippen LogP contribution < -0.4 is 10.6 Å². The molecule has 4 heteroatoms. The summed E-state index contributed by atoms with van der Waals surface area (Å²) in [5, 5.41) is 7.73. The molecule has 0 aliphatic heterocycles. The van der Waals surface area contributed by atoms with Gasteiger partial charge >= 0.3 is 0 Å². The summed E-state index contributed by atoms with van der Waals surface area (Å²) in [6.07, 6.45) is 7.78. The molecule has 1 aromatic rings. The van der Waals surface area contributed by atoms with Gasteiger partial charge in [-0.3, -0.25) is 5.41 Å². The van der Waals surface area contributed by atoms with Crippen molar-refractivity contribution in [1.82, 2.24) is 0 Å². The highest BCUT2D eigenvalue weighted by molar-refractivity contribution is 9.10. The predicted octanol–water partition coefficient (Wildman–Crippen LogP) is 3.89. The van der Waals surface area contributed by atoms with Gasteiger partial charge in [0.2, 0.25) is 0 Å². The average Bonchev–Trinajstić information content (AvgIpc) is 2.66. The first kappa shape index (κ1) is 14.4. The number of anilines is 1. The largest absolute Gasteiger partial charge is 0.384 e. The Balaban J connectivity index is 2.28. The fourth-order valence-electron chi connectivity index (χ4n) is 2.87. The van der Waals surface area contributed by atoms with E-state index in [-0.39, 0.29) is 5.84 Å². The number of rotatable bonds is 3. The van der Waals surface area contributed by atoms with Crippen LogP contribution in [0.25, 0.3) is 0 Å². The molecular formula is C15H22BrN3. The number of amidine groups is 1. The van der Waals surface area contributed by atoms with Crippen LogP contribution in [0.15, 0.2) is 22.7 Å². The molecule has 0 spiro atoms. The number of nitrogens with zero attached hydrogens (tertiary/aromatic N) is 1. The standard InChI is InChI=1S/C15H22BrN3/c1-19(12-6-4-2-3-5-7-12)14-10-11(16)8-9-13(14)15(17)18/h8-10,12H,2-7H2,1H3,(H3,17,18). The summed E-state index contributed by atoms with van der Waals surface area (Å²) in [5.74, 6) is 0.142. The van der Waals surface area contributed by atoms with E-state index in [1.54, 1.807) is 0 Å². The van der Waals surface area contributed by atoms with Crippen LogP contribution >= 0.6 is 15.9 Å². The maximum atomic E-state index is 7.73. The molecule has 1 saturated carbocycles. The molecule has 19 heavy (non-hydrogen) atoms. The third kappa shape index (κ3) is 3.50. The van der Waals surface area contributed by atoms with Gasteiger partial charge in [0.15, 0.2) is 0 Å². The molecule has 2 rings (SSSR count). The zero-order valence-electron chi connectivity index (χ0n) is 11.5. The molecule has 1 aliphatic carbocycles. The lowest BCUT2D eigenvalue weighted by Gasteiger charge is -2.31. The molecule has 0 unspecified atom stereocenters. The molecule has 0 radical (unpaired) electrons. The number of hydrogen-bond acceptors (Lipinski definition) is 2. The maximum absolute atomic E-state index is 7.73. The van der Waals surface area contributed by atoms with E-state index in [1.807, 2.05) is 12.1 Å². The molecule has 1 aromatic carbocycles. The summed E-state index contributed by atoms with van der Waals surface area (Å²) in [6.45, 7) is 0. The Kier molecular flexibility index (Phi) is 4.86. The molecule has 3 N–H and O–H groups in total. The maximum Gasteiger partial charge on any atom is 0.124 e. The van der Waals surface area contributed by atoms with Gasteiger partial charge in [-0.25, -0.2) is 0 Å². The zero-order chi connectivity index (χ0) is 13.8. The van der Waals surface area contributed by atoms with Gasteiger partial charge in [-0.15, -0.1) is 0 Å². The van der Waals surface area contributed by atoms with E-state index in [4.69, 9.17) is 11.1 Å². The van der Waals surface area contributed by atoms with Crippen LogP contribution in [0.4, 0.5) is 5.69 Å². The molecule has 0 amide bonds. The molecule has 1 fully saturated rings. The van der Waals surface area contributed by atoms with Crippen molar-refractivity contribution < 1.29 is 0 Å². The second-order valence-corrected chi connectivity index (χ2v) is 6.25. The van der Waals surface area contributed by atoms with E-state index in [2.05, 4.69) is 33.9 Å². The van der Waals surface area contributed by atoms with Crippen molar-refractivity contribution in [1.29, 1.82) is 5.41 Å². The van der Waals surface area contributed by atoms with Crippen LogP contribution in [0.2, 0.25) is 0 Å². The van der Waals surface area contributed by atoms with E-state index in [9.17, 15) is 0 Å². The number of benzene rings is 1. The van der Waals surface area contributed by atoms with E-state index >= 15 is 0 Å². The Morgan fingerprint density at radius 1 is 1.26 bits per heavy atom. The Hall–Kier alpha value is -1.03. The molecule has 0 heterocycles. The van der Waals surface area contributed by atoms with Gasteiger partial charge in [0.1, 0.15) is 5.84 Å². The lowest BCUT2D eigenvalue weighted by Crippen LogP contribution is -2.33. The predicted molar refractivity (Wildman–Crippen MR) is 85.1 cm³/mol. The van der Waals surface area contributed by atoms with Crippen LogP contribution in [0.5, 0.6) is 0 Å². The van der Waals surface area contributed by atoms with Crippen molar-refractivity contribution in [2.24, 2.45) is 5.73 Å². The highest BCUT2D eigenvalue weighted by Crippen LogP contribution is 2.30. The summed E-state index contributed by atoms with van der Waals surface area (Å²) in [6, 6.07) is 6.51. The smallest absolute Gasteiger partial charge is 0.124 e. The quantitative estimate of drug-likeness (QED) is 0.503. The van der Waals surface area contributed by atoms with Crippen molar-refractivity contribution in [3.63, 3.8) is 0 Å². The highest BCUT2D eigenvalue weighted by atomic mass is 79.9. The zero-order valence-corrected chi connectivity index (χ0v) is 13.0. The monoisotopic (exact) mass is 323 g/mol. The van der Waals surface area contributed by atoms with Crippen molar-refractivity contribution in [3.05, 3.63) is 28.2 Å². The molecular weight excluding hydrogens is 302 g/mol. The van der Waals surface area contributed by atoms with Crippen LogP contribution in [0.3, 0.4) is 0 Å². The number of nitrogens with one attached hydrogen (secondary N) is 1. The summed E-state index contributed by atoms with van der Waals surface area (Å²) >= 11 is 3.52. The highest BCUT2D eigenvalue weighted by Gasteiger charge is 2.20. The normalized spacial score (nSPS) is 16.9. The number of hydrogen-bond donors (Lipinski definition) is 2. The number of nitrogen functional groups attached to an aromatic ring is 1. The molecule has 0 bridgehead atoms. The minimum atomic E-state index is 0.142. The van der Waals surface area contributed by atoms with Gasteiger partial charge in [0, 0.05) is 28.8 Å². The first-order valence-electron chi connectivity index (χ1n) is 6.96. The molecule has 104 valence electrons. The third-order valence-corrected chi connectivity index (χ3v) is 4.50. The van der Waals surface area contributed by atoms with Gasteiger partial charge in [-0.2, -0.15) is 0 Å². The minimum Gasteiger partial charge on any atom is -0.384 e. The summed E-state index contributed by atoms with van der Waals surface area (Å²) in [4.78, 5) is 2.31. The number of halogens is 1. The minimum absolute atomic E-state index is 0.142. The van der Waals surface area contributed by atoms with E-state index in [0.29, 0.717) is 6.04 Å². The third-order valence-electron chi connectivity index (χ3n) is 4.00. The van der Waals surface area contributed by atoms with Crippen molar-refractivity contribution in [3.8, 4) is 0 Å². The van der Waals surface area contributed by atoms with Gasteiger partial charge < -0.3 is 10.6 Å². The average molecular weight is 324 g/mol. The first-order valence-corrected chi connectivity index (χ1v) is 7.75. The molecule has 1 aliphatic rings. The van der Waals surface area contributed by atoms with Crippen molar-refractivity contribution >= 4 is 27.5 Å². The van der Waals surface area contributed by atoms with E-state index < -0.39 is 0 Å². The van der Waals surface area contributed by atoms with Crippen molar-refractivity contribution in [2.45, 2.75) is 44.6 Å². The van der Waals surface area contributed by atoms with E-state index in [1.165, 1.54) is 38.5 Å². The van der Waals surface area contributed by atoms with Crippen LogP contribution in [0, 0.1) is 5.41 Å². The van der Waals surface area contributed by atoms with E-state index in [0.717, 1.165) is 15.7 Å². The Labute approximate surface area is 123 Å². The fraction of sp³-hybridized carbons (Fsp3) is 0.533. The summed E-state index contributed by atoms with van der Waals surface area (Å²) in [5.41, 5.74) is 7.60. The Morgan fingerprint density at radius 3 is 2.47 bits per heavy atom. The fourth-order valence-corrected chi connectivity index (χ4v) is 3.22. The molecule has 0 aromatic heterocycles. The molecule has 0 saturated heterocycles. The number of nitrogens with two attached hydrogens (primary N) is 1. The van der Waals surface area contributed by atoms with Gasteiger partial charge in [0.25, 0.3) is 0 Å². The molecule has 0 atom stereocenters. The lowest BCUT2D eigenvalue weighted by atomic mass is 10.0.